The Balaban J connectivity index is 2.01. The van der Waals surface area contributed by atoms with E-state index in [9.17, 15) is 4.79 Å². The fourth-order valence-corrected chi connectivity index (χ4v) is 2.05. The van der Waals surface area contributed by atoms with Gasteiger partial charge in [0.25, 0.3) is 0 Å². The zero-order valence-electron chi connectivity index (χ0n) is 11.8. The number of hydrogen-bond acceptors (Lipinski definition) is 2. The summed E-state index contributed by atoms with van der Waals surface area (Å²) < 4.78 is 0. The highest BCUT2D eigenvalue weighted by Gasteiger charge is 2.09. The van der Waals surface area contributed by atoms with Crippen LogP contribution in [-0.4, -0.2) is 18.0 Å². The molecule has 0 bridgehead atoms. The first-order valence-electron chi connectivity index (χ1n) is 6.84. The second-order valence-electron chi connectivity index (χ2n) is 4.84. The predicted octanol–water partition coefficient (Wildman–Crippen LogP) is 4.16. The minimum Gasteiger partial charge on any atom is -0.287 e. The first kappa shape index (κ1) is 14.2. The summed E-state index contributed by atoms with van der Waals surface area (Å²) in [5.74, 6) is -0.0217. The molecule has 0 spiro atoms. The fourth-order valence-electron chi connectivity index (χ4n) is 2.05. The number of carbonyl (C=O) groups excluding carboxylic acids is 1. The summed E-state index contributed by atoms with van der Waals surface area (Å²) >= 11 is 0. The average molecular weight is 265 g/mol. The third kappa shape index (κ3) is 3.64. The molecule has 0 heterocycles. The topological polar surface area (TPSA) is 29.4 Å². The standard InChI is InChI=1S/C18H19NO/c1-14(16-9-5-3-6-10-16)13-19-15(2)18(20)17-11-7-4-8-12-17/h4-5,7-12H,1,3,6,13H2,2H3. The molecule has 0 fully saturated rings. The molecule has 0 radical (unpaired) electrons. The van der Waals surface area contributed by atoms with E-state index < -0.39 is 0 Å². The Morgan fingerprint density at radius 1 is 1.25 bits per heavy atom. The average Bonchev–Trinajstić information content (AvgIpc) is 2.53. The van der Waals surface area contributed by atoms with Crippen molar-refractivity contribution >= 4 is 11.5 Å². The van der Waals surface area contributed by atoms with Gasteiger partial charge in [0.05, 0.1) is 12.3 Å². The zero-order chi connectivity index (χ0) is 14.4. The molecule has 2 rings (SSSR count). The normalized spacial score (nSPS) is 14.8. The van der Waals surface area contributed by atoms with Gasteiger partial charge in [0.15, 0.2) is 0 Å². The van der Waals surface area contributed by atoms with Crippen LogP contribution in [0.15, 0.2) is 71.3 Å². The smallest absolute Gasteiger partial charge is 0.206 e. The Morgan fingerprint density at radius 2 is 2.00 bits per heavy atom. The highest BCUT2D eigenvalue weighted by molar-refractivity contribution is 6.45. The minimum atomic E-state index is -0.0217. The maximum Gasteiger partial charge on any atom is 0.206 e. The van der Waals surface area contributed by atoms with Crippen LogP contribution in [0.3, 0.4) is 0 Å². The number of ketones is 1. The van der Waals surface area contributed by atoms with Crippen LogP contribution >= 0.6 is 0 Å². The highest BCUT2D eigenvalue weighted by Crippen LogP contribution is 2.17. The number of nitrogens with zero attached hydrogens (tertiary/aromatic N) is 1. The van der Waals surface area contributed by atoms with Gasteiger partial charge in [0.2, 0.25) is 5.78 Å². The van der Waals surface area contributed by atoms with Crippen molar-refractivity contribution in [2.45, 2.75) is 19.8 Å². The van der Waals surface area contributed by atoms with E-state index in [0.29, 0.717) is 17.8 Å². The van der Waals surface area contributed by atoms with E-state index in [0.717, 1.165) is 24.0 Å². The summed E-state index contributed by atoms with van der Waals surface area (Å²) in [6, 6.07) is 9.23. The van der Waals surface area contributed by atoms with E-state index in [1.165, 1.54) is 0 Å². The van der Waals surface area contributed by atoms with Gasteiger partial charge in [-0.15, -0.1) is 0 Å². The Bertz CT molecular complexity index is 591. The van der Waals surface area contributed by atoms with Crippen molar-refractivity contribution in [2.24, 2.45) is 4.99 Å². The van der Waals surface area contributed by atoms with Gasteiger partial charge in [-0.05, 0) is 30.9 Å². The van der Waals surface area contributed by atoms with Gasteiger partial charge in [-0.1, -0.05) is 55.1 Å². The number of benzene rings is 1. The summed E-state index contributed by atoms with van der Waals surface area (Å²) in [7, 11) is 0. The van der Waals surface area contributed by atoms with Gasteiger partial charge < -0.3 is 0 Å². The van der Waals surface area contributed by atoms with E-state index in [1.807, 2.05) is 30.3 Å². The summed E-state index contributed by atoms with van der Waals surface area (Å²) in [6.07, 6.45) is 8.54. The molecule has 20 heavy (non-hydrogen) atoms. The Kier molecular flexibility index (Phi) is 4.83. The number of rotatable bonds is 5. The fraction of sp³-hybridized carbons (Fsp3) is 0.222. The van der Waals surface area contributed by atoms with Crippen LogP contribution in [0.5, 0.6) is 0 Å². The van der Waals surface area contributed by atoms with Gasteiger partial charge in [-0.25, -0.2) is 0 Å². The molecule has 0 aromatic heterocycles. The number of aliphatic imine (C=N–C) groups is 1. The van der Waals surface area contributed by atoms with Crippen LogP contribution < -0.4 is 0 Å². The third-order valence-electron chi connectivity index (χ3n) is 3.27. The van der Waals surface area contributed by atoms with Crippen LogP contribution in [0.1, 0.15) is 30.1 Å². The van der Waals surface area contributed by atoms with Gasteiger partial charge in [-0.3, -0.25) is 9.79 Å². The van der Waals surface area contributed by atoms with E-state index in [-0.39, 0.29) is 5.78 Å². The predicted molar refractivity (Wildman–Crippen MR) is 84.3 cm³/mol. The van der Waals surface area contributed by atoms with Crippen molar-refractivity contribution < 1.29 is 4.79 Å². The molecule has 1 aliphatic carbocycles. The molecule has 0 N–H and O–H groups in total. The SMILES string of the molecule is C=C(CN=C(C)C(=O)c1ccccc1)C1=CCCC=C1. The highest BCUT2D eigenvalue weighted by atomic mass is 16.1. The molecule has 0 aliphatic heterocycles. The zero-order valence-corrected chi connectivity index (χ0v) is 11.8. The molecule has 0 amide bonds. The first-order valence-corrected chi connectivity index (χ1v) is 6.84. The molecule has 0 atom stereocenters. The van der Waals surface area contributed by atoms with Crippen molar-refractivity contribution in [2.75, 3.05) is 6.54 Å². The lowest BCUT2D eigenvalue weighted by atomic mass is 10.0. The van der Waals surface area contributed by atoms with Crippen molar-refractivity contribution in [3.05, 3.63) is 71.8 Å². The van der Waals surface area contributed by atoms with Gasteiger partial charge in [0.1, 0.15) is 0 Å². The molecule has 102 valence electrons. The van der Waals surface area contributed by atoms with Gasteiger partial charge >= 0.3 is 0 Å². The molecular formula is C18H19NO. The van der Waals surface area contributed by atoms with Crippen LogP contribution in [0, 0.1) is 0 Å². The summed E-state index contributed by atoms with van der Waals surface area (Å²) in [4.78, 5) is 16.5. The largest absolute Gasteiger partial charge is 0.287 e. The molecule has 1 aliphatic rings. The van der Waals surface area contributed by atoms with Crippen molar-refractivity contribution in [1.29, 1.82) is 0 Å². The van der Waals surface area contributed by atoms with Crippen molar-refractivity contribution in [3.8, 4) is 0 Å². The number of carbonyl (C=O) groups is 1. The number of hydrogen-bond donors (Lipinski definition) is 0. The lowest BCUT2D eigenvalue weighted by Crippen LogP contribution is -2.11. The molecule has 2 nitrogen and oxygen atoms in total. The van der Waals surface area contributed by atoms with Crippen molar-refractivity contribution in [1.82, 2.24) is 0 Å². The minimum absolute atomic E-state index is 0.0217. The number of allylic oxidation sites excluding steroid dienone is 3. The van der Waals surface area contributed by atoms with Crippen LogP contribution in [0.2, 0.25) is 0 Å². The third-order valence-corrected chi connectivity index (χ3v) is 3.27. The summed E-state index contributed by atoms with van der Waals surface area (Å²) in [5, 5.41) is 0. The van der Waals surface area contributed by atoms with E-state index >= 15 is 0 Å². The monoisotopic (exact) mass is 265 g/mol. The molecule has 0 unspecified atom stereocenters. The first-order chi connectivity index (χ1) is 9.68. The molecule has 1 aromatic carbocycles. The molecule has 1 aromatic rings. The second kappa shape index (κ2) is 6.80. The summed E-state index contributed by atoms with van der Waals surface area (Å²) in [6.45, 7) is 6.27. The maximum absolute atomic E-state index is 12.1. The lowest BCUT2D eigenvalue weighted by Gasteiger charge is -2.08. The maximum atomic E-state index is 12.1. The lowest BCUT2D eigenvalue weighted by molar-refractivity contribution is 0.106. The van der Waals surface area contributed by atoms with E-state index in [2.05, 4.69) is 29.8 Å². The van der Waals surface area contributed by atoms with Crippen molar-refractivity contribution in [3.63, 3.8) is 0 Å². The second-order valence-corrected chi connectivity index (χ2v) is 4.84. The number of Topliss-reactive ketones (excluding diaryl/α,β-unsaturated/α-hetero) is 1. The summed E-state index contributed by atoms with van der Waals surface area (Å²) in [5.41, 5.74) is 3.30. The molecule has 0 saturated carbocycles. The molecule has 0 saturated heterocycles. The Labute approximate surface area is 120 Å². The van der Waals surface area contributed by atoms with Gasteiger partial charge in [-0.2, -0.15) is 0 Å². The van der Waals surface area contributed by atoms with Gasteiger partial charge in [0, 0.05) is 5.56 Å². The van der Waals surface area contributed by atoms with E-state index in [1.54, 1.807) is 6.92 Å². The van der Waals surface area contributed by atoms with Crippen LogP contribution in [0.25, 0.3) is 0 Å². The Morgan fingerprint density at radius 3 is 2.65 bits per heavy atom. The molecular weight excluding hydrogens is 246 g/mol. The van der Waals surface area contributed by atoms with Crippen LogP contribution in [0.4, 0.5) is 0 Å². The quantitative estimate of drug-likeness (QED) is 0.580. The Hall–Kier alpha value is -2.22. The van der Waals surface area contributed by atoms with E-state index in [4.69, 9.17) is 0 Å². The molecule has 2 heteroatoms. The van der Waals surface area contributed by atoms with Crippen LogP contribution in [-0.2, 0) is 0 Å².